The average Bonchev–Trinajstić information content (AvgIpc) is 2.28. The van der Waals surface area contributed by atoms with Crippen LogP contribution in [0.15, 0.2) is 0 Å². The number of hydrogen-bond acceptors (Lipinski definition) is 0. The van der Waals surface area contributed by atoms with Gasteiger partial charge in [-0.2, -0.15) is 0 Å². The van der Waals surface area contributed by atoms with Gasteiger partial charge >= 0.3 is 0 Å². The van der Waals surface area contributed by atoms with Gasteiger partial charge in [0.2, 0.25) is 0 Å². The Bertz CT molecular complexity index is 493. The molecule has 0 rings (SSSR count). The predicted molar refractivity (Wildman–Crippen MR) is 155 cm³/mol. The Morgan fingerprint density at radius 1 is 0.679 bits per heavy atom. The molecule has 0 heterocycles. The molecule has 0 saturated carbocycles. The summed E-state index contributed by atoms with van der Waals surface area (Å²) in [6.07, 6.45) is 0. The van der Waals surface area contributed by atoms with Gasteiger partial charge in [-0.25, -0.2) is 0 Å². The van der Waals surface area contributed by atoms with Crippen molar-refractivity contribution in [2.24, 2.45) is 0 Å². The minimum atomic E-state index is -1.64. The van der Waals surface area contributed by atoms with E-state index >= 15 is 0 Å². The van der Waals surface area contributed by atoms with Gasteiger partial charge in [0, 0.05) is 5.79 Å². The summed E-state index contributed by atoms with van der Waals surface area (Å²) in [5.41, 5.74) is 0. The maximum absolute atomic E-state index is 5.84. The van der Waals surface area contributed by atoms with Crippen molar-refractivity contribution in [3.63, 3.8) is 0 Å². The lowest BCUT2D eigenvalue weighted by Gasteiger charge is -2.56. The third-order valence-electron chi connectivity index (χ3n) is 5.50. The Labute approximate surface area is 196 Å². The molecule has 170 valence electrons. The van der Waals surface area contributed by atoms with Gasteiger partial charge in [-0.3, -0.25) is 0 Å². The molecule has 1 nitrogen and oxygen atoms in total. The van der Waals surface area contributed by atoms with Crippen LogP contribution in [0.1, 0.15) is 83.1 Å². The topological polar surface area (TPSA) is 14.1 Å². The van der Waals surface area contributed by atoms with E-state index in [9.17, 15) is 0 Å². The first-order chi connectivity index (χ1) is 11.8. The fourth-order valence-corrected chi connectivity index (χ4v) is 39.7. The largest absolute Gasteiger partial charge is 0.664 e. The van der Waals surface area contributed by atoms with Crippen molar-refractivity contribution in [3.05, 3.63) is 4.65 Å². The lowest BCUT2D eigenvalue weighted by molar-refractivity contribution is 0.706. The molecule has 6 heteroatoms. The Balaban J connectivity index is 5.73. The molecule has 0 saturated heterocycles. The summed E-state index contributed by atoms with van der Waals surface area (Å²) in [5, 5.41) is 1.55. The second-order valence-electron chi connectivity index (χ2n) is 13.9. The second kappa shape index (κ2) is 9.08. The zero-order valence-electron chi connectivity index (χ0n) is 22.1. The summed E-state index contributed by atoms with van der Waals surface area (Å²) >= 11 is 2.92. The third-order valence-corrected chi connectivity index (χ3v) is 38.8. The normalized spacial score (nSPS) is 16.1. The summed E-state index contributed by atoms with van der Waals surface area (Å²) in [4.78, 5) is -1.18. The summed E-state index contributed by atoms with van der Waals surface area (Å²) < 4.78 is 5.84. The fourth-order valence-electron chi connectivity index (χ4n) is 4.77. The van der Waals surface area contributed by atoms with E-state index in [1.165, 1.54) is 11.6 Å². The van der Waals surface area contributed by atoms with Crippen LogP contribution in [-0.2, 0) is 0 Å². The summed E-state index contributed by atoms with van der Waals surface area (Å²) in [5.74, 6) is 2.76. The van der Waals surface area contributed by atoms with E-state index in [4.69, 9.17) is 4.65 Å². The number of nitrogens with zero attached hydrogens (tertiary/aromatic N) is 1. The minimum absolute atomic E-state index is 0.0646. The third kappa shape index (κ3) is 8.49. The van der Waals surface area contributed by atoms with E-state index in [0.717, 1.165) is 0 Å². The van der Waals surface area contributed by atoms with E-state index in [2.05, 4.69) is 131 Å². The number of hydrogen-bond donors (Lipinski definition) is 0. The monoisotopic (exact) mass is 575 g/mol. The highest BCUT2D eigenvalue weighted by atomic mass is 127. The zero-order chi connectivity index (χ0) is 23.2. The van der Waals surface area contributed by atoms with Gasteiger partial charge < -0.3 is 4.65 Å². The van der Waals surface area contributed by atoms with Crippen LogP contribution in [0.5, 0.6) is 0 Å². The van der Waals surface area contributed by atoms with E-state index in [1.54, 1.807) is 0 Å². The second-order valence-corrected chi connectivity index (χ2v) is 37.2. The lowest BCUT2D eigenvalue weighted by atomic mass is 10.2. The molecule has 0 radical (unpaired) electrons. The molecule has 0 bridgehead atoms. The molecule has 0 aromatic heterocycles. The average molecular weight is 576 g/mol. The minimum Gasteiger partial charge on any atom is -0.664 e. The van der Waals surface area contributed by atoms with Gasteiger partial charge in [0.25, 0.3) is 0 Å². The number of halogens is 1. The highest BCUT2D eigenvalue weighted by molar-refractivity contribution is 14.2. The molecule has 0 fully saturated rings. The van der Waals surface area contributed by atoms with Crippen LogP contribution in [-0.4, -0.2) is 48.7 Å². The van der Waals surface area contributed by atoms with Crippen LogP contribution in [0.25, 0.3) is 4.65 Å². The first-order valence-electron chi connectivity index (χ1n) is 10.9. The van der Waals surface area contributed by atoms with Gasteiger partial charge in [-0.1, -0.05) is 81.8 Å². The molecule has 0 atom stereocenters. The Morgan fingerprint density at radius 2 is 1.00 bits per heavy atom. The molecule has 0 aromatic carbocycles. The van der Waals surface area contributed by atoms with Crippen LogP contribution in [0.4, 0.5) is 0 Å². The van der Waals surface area contributed by atoms with E-state index in [0.29, 0.717) is 20.6 Å². The molecule has 0 aliphatic rings. The van der Waals surface area contributed by atoms with E-state index < -0.39 is 21.4 Å². The smallest absolute Gasteiger partial charge is 0.155 e. The lowest BCUT2D eigenvalue weighted by Crippen LogP contribution is -2.48. The Kier molecular flexibility index (Phi) is 9.73. The van der Waals surface area contributed by atoms with Gasteiger partial charge in [-0.15, -0.1) is 7.92 Å². The summed E-state index contributed by atoms with van der Waals surface area (Å²) in [7, 11) is -3.31. The quantitative estimate of drug-likeness (QED) is 0.170. The van der Waals surface area contributed by atoms with Crippen LogP contribution < -0.4 is 0 Å². The molecule has 28 heavy (non-hydrogen) atoms. The molecule has 0 aromatic rings. The standard InChI is InChI=1S/C22H52INP2Si2/c1-19(2,3)25(20(4,5)6)17-27(13,14)24-28(15,16)18-26(23,21(7,8)9)22(10,11)12/h17-18H2,1-16H3. The summed E-state index contributed by atoms with van der Waals surface area (Å²) in [6.45, 7) is 39.8. The first kappa shape index (κ1) is 30.0. The van der Waals surface area contributed by atoms with Crippen LogP contribution in [0.2, 0.25) is 26.2 Å². The van der Waals surface area contributed by atoms with Crippen LogP contribution in [0.3, 0.4) is 0 Å². The Hall–Kier alpha value is 1.98. The van der Waals surface area contributed by atoms with Crippen LogP contribution >= 0.6 is 34.9 Å². The van der Waals surface area contributed by atoms with Gasteiger partial charge in [0.15, 0.2) is 22.0 Å². The molecule has 0 aliphatic carbocycles. The van der Waals surface area contributed by atoms with Crippen molar-refractivity contribution >= 4 is 51.3 Å². The van der Waals surface area contributed by atoms with Crippen molar-refractivity contribution < 1.29 is 0 Å². The highest BCUT2D eigenvalue weighted by Gasteiger charge is 2.57. The van der Waals surface area contributed by atoms with Crippen molar-refractivity contribution in [3.8, 4) is 0 Å². The van der Waals surface area contributed by atoms with Crippen molar-refractivity contribution in [2.75, 3.05) is 11.6 Å². The van der Waals surface area contributed by atoms with Crippen molar-refractivity contribution in [1.29, 1.82) is 0 Å². The Morgan fingerprint density at radius 3 is 1.25 bits per heavy atom. The summed E-state index contributed by atoms with van der Waals surface area (Å²) in [6, 6.07) is 0. The molecule has 0 spiro atoms. The number of rotatable bonds is 6. The van der Waals surface area contributed by atoms with Crippen molar-refractivity contribution in [1.82, 2.24) is 0 Å². The zero-order valence-corrected chi connectivity index (χ0v) is 28.1. The SMILES string of the molecule is CC(C)(C)P(C[Si](C)(C)[N-][Si](C)(C)C[P+](I)(C(C)(C)C)C(C)(C)C)C(C)(C)C. The predicted octanol–water partition coefficient (Wildman–Crippen LogP) is 9.89. The highest BCUT2D eigenvalue weighted by Crippen LogP contribution is 2.83. The first-order valence-corrected chi connectivity index (χ1v) is 23.4. The van der Waals surface area contributed by atoms with Crippen molar-refractivity contribution in [2.45, 2.75) is 130 Å². The van der Waals surface area contributed by atoms with Gasteiger partial charge in [-0.05, 0) is 60.1 Å². The van der Waals surface area contributed by atoms with Gasteiger partial charge in [0.05, 0.1) is 15.2 Å². The molecule has 0 amide bonds. The van der Waals surface area contributed by atoms with E-state index in [-0.39, 0.29) is 7.92 Å². The molecule has 0 aliphatic heterocycles. The molecule has 0 unspecified atom stereocenters. The fraction of sp³-hybridized carbons (Fsp3) is 1.00. The van der Waals surface area contributed by atoms with Gasteiger partial charge in [0.1, 0.15) is 0 Å². The maximum Gasteiger partial charge on any atom is 0.155 e. The van der Waals surface area contributed by atoms with E-state index in [1.807, 2.05) is 0 Å². The maximum atomic E-state index is 5.84. The molecular weight excluding hydrogens is 523 g/mol. The van der Waals surface area contributed by atoms with Crippen LogP contribution in [0, 0.1) is 0 Å². The molecular formula is C22H52INP2Si2. The molecule has 0 N–H and O–H groups in total.